The number of carbonyl (C=O) groups is 1. The maximum atomic E-state index is 12.0. The Hall–Kier alpha value is -2.62. The molecule has 0 aliphatic rings. The van der Waals surface area contributed by atoms with Crippen LogP contribution in [-0.4, -0.2) is 18.7 Å². The normalized spacial score (nSPS) is 10.8. The zero-order valence-corrected chi connectivity index (χ0v) is 14.8. The lowest BCUT2D eigenvalue weighted by Gasteiger charge is -2.08. The van der Waals surface area contributed by atoms with Crippen LogP contribution in [0.4, 0.5) is 0 Å². The van der Waals surface area contributed by atoms with Crippen LogP contribution in [-0.2, 0) is 0 Å². The molecule has 2 rings (SSSR count). The summed E-state index contributed by atoms with van der Waals surface area (Å²) in [4.78, 5) is 12.0. The Morgan fingerprint density at radius 1 is 1.00 bits per heavy atom. The number of hydrogen-bond acceptors (Lipinski definition) is 3. The second-order valence-corrected chi connectivity index (χ2v) is 5.87. The molecular weight excluding hydrogens is 312 g/mol. The summed E-state index contributed by atoms with van der Waals surface area (Å²) in [6, 6.07) is 16.7. The molecule has 4 nitrogen and oxygen atoms in total. The van der Waals surface area contributed by atoms with Gasteiger partial charge in [-0.15, -0.1) is 0 Å². The van der Waals surface area contributed by atoms with E-state index < -0.39 is 0 Å². The minimum Gasteiger partial charge on any atom is -0.493 e. The van der Waals surface area contributed by atoms with Crippen LogP contribution in [0.25, 0.3) is 0 Å². The molecule has 0 radical (unpaired) electrons. The second kappa shape index (κ2) is 11.0. The van der Waals surface area contributed by atoms with Crippen molar-refractivity contribution >= 4 is 12.1 Å². The number of ether oxygens (including phenoxy) is 1. The summed E-state index contributed by atoms with van der Waals surface area (Å²) in [7, 11) is 0. The molecule has 25 heavy (non-hydrogen) atoms. The molecule has 2 aromatic carbocycles. The molecule has 0 saturated carbocycles. The fourth-order valence-corrected chi connectivity index (χ4v) is 2.42. The van der Waals surface area contributed by atoms with E-state index in [1.807, 2.05) is 42.5 Å². The highest BCUT2D eigenvalue weighted by Gasteiger charge is 2.03. The summed E-state index contributed by atoms with van der Waals surface area (Å²) in [5.41, 5.74) is 3.97. The Balaban J connectivity index is 1.84. The van der Waals surface area contributed by atoms with Crippen LogP contribution in [0.3, 0.4) is 0 Å². The first-order valence-electron chi connectivity index (χ1n) is 8.91. The fourth-order valence-electron chi connectivity index (χ4n) is 2.42. The van der Waals surface area contributed by atoms with Crippen molar-refractivity contribution in [2.24, 2.45) is 5.10 Å². The van der Waals surface area contributed by atoms with E-state index >= 15 is 0 Å². The average Bonchev–Trinajstić information content (AvgIpc) is 2.66. The number of para-hydroxylation sites is 1. The molecule has 0 saturated heterocycles. The molecule has 0 unspecified atom stereocenters. The Labute approximate surface area is 149 Å². The summed E-state index contributed by atoms with van der Waals surface area (Å²) < 4.78 is 5.86. The second-order valence-electron chi connectivity index (χ2n) is 5.87. The van der Waals surface area contributed by atoms with E-state index in [-0.39, 0.29) is 5.91 Å². The summed E-state index contributed by atoms with van der Waals surface area (Å²) in [6.45, 7) is 2.91. The van der Waals surface area contributed by atoms with E-state index in [1.54, 1.807) is 18.3 Å². The number of nitrogens with one attached hydrogen (secondary N) is 1. The number of nitrogens with zero attached hydrogens (tertiary/aromatic N) is 1. The lowest BCUT2D eigenvalue weighted by atomic mass is 10.2. The summed E-state index contributed by atoms with van der Waals surface area (Å²) in [6.07, 6.45) is 7.65. The van der Waals surface area contributed by atoms with Gasteiger partial charge < -0.3 is 4.74 Å². The Bertz CT molecular complexity index is 669. The van der Waals surface area contributed by atoms with Gasteiger partial charge in [0, 0.05) is 11.1 Å². The highest BCUT2D eigenvalue weighted by Crippen LogP contribution is 2.16. The van der Waals surface area contributed by atoms with Gasteiger partial charge in [-0.25, -0.2) is 5.43 Å². The first-order chi connectivity index (χ1) is 12.3. The molecule has 0 aliphatic heterocycles. The molecule has 4 heteroatoms. The summed E-state index contributed by atoms with van der Waals surface area (Å²) in [5, 5.41) is 4.04. The smallest absolute Gasteiger partial charge is 0.271 e. The topological polar surface area (TPSA) is 50.7 Å². The molecule has 0 bridgehead atoms. The van der Waals surface area contributed by atoms with Crippen LogP contribution < -0.4 is 10.2 Å². The van der Waals surface area contributed by atoms with Crippen molar-refractivity contribution in [1.82, 2.24) is 5.43 Å². The van der Waals surface area contributed by atoms with E-state index in [4.69, 9.17) is 4.74 Å². The quantitative estimate of drug-likeness (QED) is 0.384. The van der Waals surface area contributed by atoms with Crippen molar-refractivity contribution in [2.75, 3.05) is 6.61 Å². The number of rotatable bonds is 10. The van der Waals surface area contributed by atoms with Crippen LogP contribution in [0, 0.1) is 0 Å². The summed E-state index contributed by atoms with van der Waals surface area (Å²) in [5.74, 6) is 0.557. The van der Waals surface area contributed by atoms with Gasteiger partial charge in [0.05, 0.1) is 12.8 Å². The molecule has 1 N–H and O–H groups in total. The van der Waals surface area contributed by atoms with Gasteiger partial charge in [-0.2, -0.15) is 5.10 Å². The molecule has 1 amide bonds. The molecule has 0 spiro atoms. The maximum absolute atomic E-state index is 12.0. The predicted molar refractivity (Wildman–Crippen MR) is 102 cm³/mol. The van der Waals surface area contributed by atoms with Gasteiger partial charge in [-0.3, -0.25) is 4.79 Å². The van der Waals surface area contributed by atoms with Crippen LogP contribution >= 0.6 is 0 Å². The van der Waals surface area contributed by atoms with E-state index in [9.17, 15) is 4.79 Å². The number of amides is 1. The van der Waals surface area contributed by atoms with Crippen molar-refractivity contribution in [3.8, 4) is 5.75 Å². The van der Waals surface area contributed by atoms with Crippen LogP contribution in [0.5, 0.6) is 5.75 Å². The third-order valence-electron chi connectivity index (χ3n) is 3.83. The van der Waals surface area contributed by atoms with Crippen LogP contribution in [0.15, 0.2) is 59.7 Å². The highest BCUT2D eigenvalue weighted by atomic mass is 16.5. The van der Waals surface area contributed by atoms with E-state index in [0.29, 0.717) is 12.2 Å². The first kappa shape index (κ1) is 18.7. The lowest BCUT2D eigenvalue weighted by Crippen LogP contribution is -2.17. The Kier molecular flexibility index (Phi) is 8.25. The van der Waals surface area contributed by atoms with Crippen molar-refractivity contribution in [3.63, 3.8) is 0 Å². The van der Waals surface area contributed by atoms with Gasteiger partial charge in [-0.05, 0) is 30.7 Å². The van der Waals surface area contributed by atoms with Gasteiger partial charge in [0.1, 0.15) is 5.75 Å². The molecule has 0 fully saturated rings. The number of hydrogen-bond donors (Lipinski definition) is 1. The largest absolute Gasteiger partial charge is 0.493 e. The van der Waals surface area contributed by atoms with Gasteiger partial charge >= 0.3 is 0 Å². The zero-order valence-electron chi connectivity index (χ0n) is 14.8. The van der Waals surface area contributed by atoms with Crippen molar-refractivity contribution in [3.05, 3.63) is 65.7 Å². The molecule has 0 aliphatic carbocycles. The molecule has 0 heterocycles. The maximum Gasteiger partial charge on any atom is 0.271 e. The highest BCUT2D eigenvalue weighted by molar-refractivity contribution is 5.95. The summed E-state index contributed by atoms with van der Waals surface area (Å²) >= 11 is 0. The van der Waals surface area contributed by atoms with Gasteiger partial charge in [0.25, 0.3) is 5.91 Å². The number of unbranched alkanes of at least 4 members (excludes halogenated alkanes) is 4. The van der Waals surface area contributed by atoms with Gasteiger partial charge in [0.2, 0.25) is 0 Å². The van der Waals surface area contributed by atoms with Crippen molar-refractivity contribution < 1.29 is 9.53 Å². The molecular formula is C21H26N2O2. The van der Waals surface area contributed by atoms with E-state index in [1.165, 1.54) is 25.7 Å². The van der Waals surface area contributed by atoms with Crippen molar-refractivity contribution in [1.29, 1.82) is 0 Å². The minimum atomic E-state index is -0.230. The first-order valence-corrected chi connectivity index (χ1v) is 8.91. The molecule has 0 aromatic heterocycles. The molecule has 132 valence electrons. The number of benzene rings is 2. The Morgan fingerprint density at radius 3 is 2.52 bits per heavy atom. The molecule has 2 aromatic rings. The van der Waals surface area contributed by atoms with E-state index in [2.05, 4.69) is 17.5 Å². The third-order valence-corrected chi connectivity index (χ3v) is 3.83. The standard InChI is InChI=1S/C21H26N2O2/c1-2-3-4-5-11-16-25-20-15-10-9-14-19(20)17-22-23-21(24)18-12-7-6-8-13-18/h6-10,12-15,17H,2-5,11,16H2,1H3,(H,23,24)/b22-17+. The van der Waals surface area contributed by atoms with Gasteiger partial charge in [0.15, 0.2) is 0 Å². The fraction of sp³-hybridized carbons (Fsp3) is 0.333. The predicted octanol–water partition coefficient (Wildman–Crippen LogP) is 4.80. The van der Waals surface area contributed by atoms with Crippen LogP contribution in [0.1, 0.15) is 54.9 Å². The van der Waals surface area contributed by atoms with Crippen molar-refractivity contribution in [2.45, 2.75) is 39.0 Å². The SMILES string of the molecule is CCCCCCCOc1ccccc1/C=N/NC(=O)c1ccccc1. The van der Waals surface area contributed by atoms with Crippen LogP contribution in [0.2, 0.25) is 0 Å². The Morgan fingerprint density at radius 2 is 1.72 bits per heavy atom. The number of hydrazone groups is 1. The number of carbonyl (C=O) groups excluding carboxylic acids is 1. The average molecular weight is 338 g/mol. The minimum absolute atomic E-state index is 0.230. The zero-order chi connectivity index (χ0) is 17.7. The third kappa shape index (κ3) is 6.79. The van der Waals surface area contributed by atoms with Gasteiger partial charge in [-0.1, -0.05) is 62.9 Å². The molecule has 0 atom stereocenters. The van der Waals surface area contributed by atoms with E-state index in [0.717, 1.165) is 17.7 Å². The monoisotopic (exact) mass is 338 g/mol. The lowest BCUT2D eigenvalue weighted by molar-refractivity contribution is 0.0955.